The summed E-state index contributed by atoms with van der Waals surface area (Å²) in [5.74, 6) is -0.638. The quantitative estimate of drug-likeness (QED) is 0.760. The van der Waals surface area contributed by atoms with Crippen molar-refractivity contribution in [1.82, 2.24) is 5.32 Å². The van der Waals surface area contributed by atoms with Gasteiger partial charge in [0.1, 0.15) is 0 Å². The summed E-state index contributed by atoms with van der Waals surface area (Å²) in [6, 6.07) is 14.9. The number of carbonyl (C=O) groups excluding carboxylic acids is 3. The smallest absolute Gasteiger partial charge is 0.258 e. The molecular weight excluding hydrogens is 354 g/mol. The van der Waals surface area contributed by atoms with Crippen LogP contribution in [0.5, 0.6) is 0 Å². The van der Waals surface area contributed by atoms with E-state index < -0.39 is 0 Å². The first-order valence-electron chi connectivity index (χ1n) is 9.28. The zero-order valence-corrected chi connectivity index (χ0v) is 15.6. The molecule has 1 aliphatic rings. The maximum absolute atomic E-state index is 13.0. The lowest BCUT2D eigenvalue weighted by atomic mass is 10.0. The monoisotopic (exact) mass is 377 g/mol. The van der Waals surface area contributed by atoms with Crippen LogP contribution in [-0.2, 0) is 16.0 Å². The van der Waals surface area contributed by atoms with Crippen LogP contribution in [0.15, 0.2) is 61.2 Å². The van der Waals surface area contributed by atoms with Gasteiger partial charge < -0.3 is 15.5 Å². The number of benzene rings is 2. The first-order chi connectivity index (χ1) is 13.6. The van der Waals surface area contributed by atoms with Crippen molar-refractivity contribution in [2.45, 2.75) is 19.3 Å². The van der Waals surface area contributed by atoms with Gasteiger partial charge >= 0.3 is 0 Å². The maximum atomic E-state index is 13.0. The molecule has 1 heterocycles. The zero-order valence-electron chi connectivity index (χ0n) is 15.6. The third-order valence-electron chi connectivity index (χ3n) is 4.59. The van der Waals surface area contributed by atoms with E-state index in [4.69, 9.17) is 0 Å². The van der Waals surface area contributed by atoms with Crippen molar-refractivity contribution in [3.63, 3.8) is 0 Å². The summed E-state index contributed by atoms with van der Waals surface area (Å²) >= 11 is 0. The van der Waals surface area contributed by atoms with Crippen LogP contribution < -0.4 is 15.5 Å². The Bertz CT molecular complexity index is 907. The fourth-order valence-electron chi connectivity index (χ4n) is 3.23. The SMILES string of the molecule is C=CC(=O)NCCC(=O)Nc1cccc(C(=O)N2CCCc3ccccc32)c1. The summed E-state index contributed by atoms with van der Waals surface area (Å²) in [5, 5.41) is 5.32. The Balaban J connectivity index is 1.66. The van der Waals surface area contributed by atoms with Crippen LogP contribution in [0.4, 0.5) is 11.4 Å². The van der Waals surface area contributed by atoms with E-state index in [1.54, 1.807) is 29.2 Å². The Morgan fingerprint density at radius 2 is 1.93 bits per heavy atom. The van der Waals surface area contributed by atoms with Crippen LogP contribution in [0.3, 0.4) is 0 Å². The van der Waals surface area contributed by atoms with Gasteiger partial charge in [0.05, 0.1) is 0 Å². The largest absolute Gasteiger partial charge is 0.352 e. The molecule has 1 aliphatic heterocycles. The van der Waals surface area contributed by atoms with Crippen LogP contribution in [-0.4, -0.2) is 30.8 Å². The first-order valence-corrected chi connectivity index (χ1v) is 9.28. The van der Waals surface area contributed by atoms with Crippen LogP contribution in [0.25, 0.3) is 0 Å². The molecule has 3 amide bonds. The Labute approximate surface area is 164 Å². The molecule has 0 unspecified atom stereocenters. The molecule has 2 N–H and O–H groups in total. The number of fused-ring (bicyclic) bond motifs is 1. The number of hydrogen-bond acceptors (Lipinski definition) is 3. The third kappa shape index (κ3) is 4.65. The average molecular weight is 377 g/mol. The zero-order chi connectivity index (χ0) is 19.9. The predicted molar refractivity (Wildman–Crippen MR) is 109 cm³/mol. The predicted octanol–water partition coefficient (Wildman–Crippen LogP) is 2.91. The molecule has 0 aliphatic carbocycles. The van der Waals surface area contributed by atoms with Crippen molar-refractivity contribution in [3.8, 4) is 0 Å². The van der Waals surface area contributed by atoms with Gasteiger partial charge in [-0.25, -0.2) is 0 Å². The molecule has 2 aromatic rings. The fourth-order valence-corrected chi connectivity index (χ4v) is 3.23. The lowest BCUT2D eigenvalue weighted by molar-refractivity contribution is -0.117. The molecule has 0 fully saturated rings. The Morgan fingerprint density at radius 1 is 1.11 bits per heavy atom. The van der Waals surface area contributed by atoms with Crippen LogP contribution in [0, 0.1) is 0 Å². The van der Waals surface area contributed by atoms with E-state index in [1.165, 1.54) is 5.56 Å². The lowest BCUT2D eigenvalue weighted by Crippen LogP contribution is -2.35. The van der Waals surface area contributed by atoms with Crippen molar-refractivity contribution in [3.05, 3.63) is 72.3 Å². The number of hydrogen-bond donors (Lipinski definition) is 2. The highest BCUT2D eigenvalue weighted by Crippen LogP contribution is 2.28. The highest BCUT2D eigenvalue weighted by molar-refractivity contribution is 6.07. The molecule has 6 nitrogen and oxygen atoms in total. The highest BCUT2D eigenvalue weighted by atomic mass is 16.2. The molecule has 0 saturated carbocycles. The number of amides is 3. The van der Waals surface area contributed by atoms with Crippen molar-refractivity contribution >= 4 is 29.1 Å². The van der Waals surface area contributed by atoms with Crippen molar-refractivity contribution in [1.29, 1.82) is 0 Å². The van der Waals surface area contributed by atoms with Crippen molar-refractivity contribution < 1.29 is 14.4 Å². The van der Waals surface area contributed by atoms with Crippen molar-refractivity contribution in [2.75, 3.05) is 23.3 Å². The first kappa shape index (κ1) is 19.4. The molecule has 6 heteroatoms. The molecule has 2 aromatic carbocycles. The molecule has 0 bridgehead atoms. The average Bonchev–Trinajstić information content (AvgIpc) is 2.72. The summed E-state index contributed by atoms with van der Waals surface area (Å²) in [5.41, 5.74) is 3.20. The number of para-hydroxylation sites is 1. The van der Waals surface area contributed by atoms with E-state index in [0.717, 1.165) is 24.6 Å². The molecule has 144 valence electrons. The van der Waals surface area contributed by atoms with Crippen LogP contribution in [0.2, 0.25) is 0 Å². The number of rotatable bonds is 6. The third-order valence-corrected chi connectivity index (χ3v) is 4.59. The Kier molecular flexibility index (Phi) is 6.22. The number of anilines is 2. The van der Waals surface area contributed by atoms with E-state index in [1.807, 2.05) is 18.2 Å². The lowest BCUT2D eigenvalue weighted by Gasteiger charge is -2.29. The number of nitrogens with zero attached hydrogens (tertiary/aromatic N) is 1. The minimum Gasteiger partial charge on any atom is -0.352 e. The van der Waals surface area contributed by atoms with Crippen LogP contribution >= 0.6 is 0 Å². The summed E-state index contributed by atoms with van der Waals surface area (Å²) < 4.78 is 0. The van der Waals surface area contributed by atoms with E-state index in [9.17, 15) is 14.4 Å². The van der Waals surface area contributed by atoms with Gasteiger partial charge in [0, 0.05) is 36.4 Å². The van der Waals surface area contributed by atoms with Crippen LogP contribution in [0.1, 0.15) is 28.8 Å². The molecule has 0 radical (unpaired) electrons. The van der Waals surface area contributed by atoms with E-state index in [2.05, 4.69) is 23.3 Å². The van der Waals surface area contributed by atoms with Gasteiger partial charge in [-0.15, -0.1) is 0 Å². The topological polar surface area (TPSA) is 78.5 Å². The van der Waals surface area contributed by atoms with Gasteiger partial charge in [-0.05, 0) is 48.7 Å². The molecule has 0 spiro atoms. The summed E-state index contributed by atoms with van der Waals surface area (Å²) in [4.78, 5) is 38.0. The maximum Gasteiger partial charge on any atom is 0.258 e. The minimum absolute atomic E-state index is 0.0819. The molecule has 3 rings (SSSR count). The van der Waals surface area contributed by atoms with Gasteiger partial charge in [0.2, 0.25) is 11.8 Å². The Hall–Kier alpha value is -3.41. The van der Waals surface area contributed by atoms with E-state index >= 15 is 0 Å². The van der Waals surface area contributed by atoms with Gasteiger partial charge in [-0.3, -0.25) is 14.4 Å². The molecule has 0 saturated heterocycles. The van der Waals surface area contributed by atoms with E-state index in [0.29, 0.717) is 17.8 Å². The highest BCUT2D eigenvalue weighted by Gasteiger charge is 2.23. The van der Waals surface area contributed by atoms with Gasteiger partial charge in [0.25, 0.3) is 5.91 Å². The van der Waals surface area contributed by atoms with Gasteiger partial charge in [0.15, 0.2) is 0 Å². The molecule has 28 heavy (non-hydrogen) atoms. The number of carbonyl (C=O) groups is 3. The molecule has 0 aromatic heterocycles. The second-order valence-electron chi connectivity index (χ2n) is 6.56. The molecule has 0 atom stereocenters. The second-order valence-corrected chi connectivity index (χ2v) is 6.56. The number of aryl methyl sites for hydroxylation is 1. The minimum atomic E-state index is -0.317. The fraction of sp³-hybridized carbons (Fsp3) is 0.227. The van der Waals surface area contributed by atoms with Crippen molar-refractivity contribution in [2.24, 2.45) is 0 Å². The normalized spacial score (nSPS) is 12.6. The summed E-state index contributed by atoms with van der Waals surface area (Å²) in [6.07, 6.45) is 3.19. The van der Waals surface area contributed by atoms with Gasteiger partial charge in [-0.2, -0.15) is 0 Å². The summed E-state index contributed by atoms with van der Waals surface area (Å²) in [6.45, 7) is 4.25. The Morgan fingerprint density at radius 3 is 2.75 bits per heavy atom. The van der Waals surface area contributed by atoms with E-state index in [-0.39, 0.29) is 30.7 Å². The standard InChI is InChI=1S/C22H23N3O3/c1-2-20(26)23-13-12-21(27)24-18-10-5-8-17(15-18)22(28)25-14-6-9-16-7-3-4-11-19(16)25/h2-5,7-8,10-11,15H,1,6,9,12-14H2,(H,23,26)(H,24,27). The second kappa shape index (κ2) is 8.99. The number of nitrogens with one attached hydrogen (secondary N) is 2. The summed E-state index contributed by atoms with van der Waals surface area (Å²) in [7, 11) is 0. The molecular formula is C22H23N3O3. The van der Waals surface area contributed by atoms with Gasteiger partial charge in [-0.1, -0.05) is 30.8 Å².